The van der Waals surface area contributed by atoms with Gasteiger partial charge >= 0.3 is 0 Å². The summed E-state index contributed by atoms with van der Waals surface area (Å²) in [6.45, 7) is 15.9. The Bertz CT molecular complexity index is 626. The summed E-state index contributed by atoms with van der Waals surface area (Å²) in [6, 6.07) is 21.4. The largest absolute Gasteiger partial charge is 0.115 e. The maximum absolute atomic E-state index is 4.06. The predicted molar refractivity (Wildman–Crippen MR) is 114 cm³/mol. The van der Waals surface area contributed by atoms with Crippen LogP contribution in [0.15, 0.2) is 110 Å². The molecule has 0 amide bonds. The van der Waals surface area contributed by atoms with Gasteiger partial charge in [-0.05, 0) is 36.4 Å². The van der Waals surface area contributed by atoms with Crippen molar-refractivity contribution in [2.24, 2.45) is 0 Å². The molecule has 1 heteroatoms. The number of benzene rings is 2. The predicted octanol–water partition coefficient (Wildman–Crippen LogP) is 6.12. The van der Waals surface area contributed by atoms with Crippen LogP contribution in [-0.2, 0) is 0 Å². The smallest absolute Gasteiger partial charge is 0.0995 e. The van der Waals surface area contributed by atoms with Crippen molar-refractivity contribution >= 4 is 17.9 Å². The molecule has 0 fully saturated rings. The zero-order valence-electron chi connectivity index (χ0n) is 14.9. The molecule has 24 heavy (non-hydrogen) atoms. The SMILES string of the molecule is C=C/C=C(\C=C)[P+](CC=C)(c1ccccc1)c1ccccc1.CC. The van der Waals surface area contributed by atoms with Gasteiger partial charge in [0.25, 0.3) is 0 Å². The topological polar surface area (TPSA) is 0 Å². The van der Waals surface area contributed by atoms with Gasteiger partial charge in [0.05, 0.1) is 6.16 Å². The zero-order valence-corrected chi connectivity index (χ0v) is 15.8. The highest BCUT2D eigenvalue weighted by molar-refractivity contribution is 7.93. The van der Waals surface area contributed by atoms with Gasteiger partial charge in [-0.3, -0.25) is 0 Å². The van der Waals surface area contributed by atoms with E-state index < -0.39 is 7.26 Å². The fraction of sp³-hybridized carbons (Fsp3) is 0.130. The Morgan fingerprint density at radius 3 is 1.62 bits per heavy atom. The molecule has 0 saturated heterocycles. The molecule has 0 aromatic heterocycles. The van der Waals surface area contributed by atoms with E-state index in [1.165, 1.54) is 15.9 Å². The molecule has 0 nitrogen and oxygen atoms in total. The van der Waals surface area contributed by atoms with Crippen molar-refractivity contribution in [2.45, 2.75) is 13.8 Å². The molecule has 0 aliphatic carbocycles. The molecule has 2 aromatic rings. The van der Waals surface area contributed by atoms with Crippen LogP contribution in [0.3, 0.4) is 0 Å². The van der Waals surface area contributed by atoms with Crippen LogP contribution < -0.4 is 10.6 Å². The van der Waals surface area contributed by atoms with Crippen LogP contribution in [0, 0.1) is 0 Å². The molecule has 2 aromatic carbocycles. The summed E-state index contributed by atoms with van der Waals surface area (Å²) in [5.74, 6) is 0. The summed E-state index contributed by atoms with van der Waals surface area (Å²) in [4.78, 5) is 0. The van der Waals surface area contributed by atoms with E-state index in [1.807, 2.05) is 32.1 Å². The minimum absolute atomic E-state index is 0.909. The molecule has 0 unspecified atom stereocenters. The van der Waals surface area contributed by atoms with Crippen LogP contribution in [0.5, 0.6) is 0 Å². The monoisotopic (exact) mass is 335 g/mol. The first-order chi connectivity index (χ1) is 11.8. The number of hydrogen-bond donors (Lipinski definition) is 0. The summed E-state index contributed by atoms with van der Waals surface area (Å²) in [7, 11) is -1.77. The fourth-order valence-corrected chi connectivity index (χ4v) is 6.74. The Labute approximate surface area is 148 Å². The molecule has 0 aliphatic heterocycles. The first-order valence-corrected chi connectivity index (χ1v) is 10.3. The fourth-order valence-electron chi connectivity index (χ4n) is 2.79. The van der Waals surface area contributed by atoms with E-state index >= 15 is 0 Å². The third kappa shape index (κ3) is 4.22. The molecule has 124 valence electrons. The third-order valence-electron chi connectivity index (χ3n) is 3.74. The Morgan fingerprint density at radius 2 is 1.29 bits per heavy atom. The van der Waals surface area contributed by atoms with E-state index in [0.717, 1.165) is 6.16 Å². The molecule has 0 saturated carbocycles. The van der Waals surface area contributed by atoms with E-state index in [4.69, 9.17) is 0 Å². The number of hydrogen-bond acceptors (Lipinski definition) is 0. The van der Waals surface area contributed by atoms with Crippen molar-refractivity contribution in [1.29, 1.82) is 0 Å². The highest BCUT2D eigenvalue weighted by Crippen LogP contribution is 2.63. The van der Waals surface area contributed by atoms with Gasteiger partial charge in [0.15, 0.2) is 0 Å². The van der Waals surface area contributed by atoms with Crippen molar-refractivity contribution in [3.05, 3.63) is 110 Å². The summed E-state index contributed by atoms with van der Waals surface area (Å²) < 4.78 is 0. The van der Waals surface area contributed by atoms with Crippen molar-refractivity contribution in [1.82, 2.24) is 0 Å². The zero-order chi connectivity index (χ0) is 17.8. The second kappa shape index (κ2) is 10.6. The average molecular weight is 335 g/mol. The van der Waals surface area contributed by atoms with E-state index in [0.29, 0.717) is 0 Å². The van der Waals surface area contributed by atoms with E-state index in [1.54, 1.807) is 0 Å². The van der Waals surface area contributed by atoms with Gasteiger partial charge in [-0.2, -0.15) is 0 Å². The minimum Gasteiger partial charge on any atom is -0.0995 e. The maximum Gasteiger partial charge on any atom is 0.115 e. The van der Waals surface area contributed by atoms with Crippen molar-refractivity contribution in [3.8, 4) is 0 Å². The van der Waals surface area contributed by atoms with E-state index in [2.05, 4.69) is 86.5 Å². The van der Waals surface area contributed by atoms with Gasteiger partial charge < -0.3 is 0 Å². The Morgan fingerprint density at radius 1 is 0.833 bits per heavy atom. The van der Waals surface area contributed by atoms with Crippen LogP contribution >= 0.6 is 7.26 Å². The second-order valence-electron chi connectivity index (χ2n) is 4.98. The highest BCUT2D eigenvalue weighted by atomic mass is 31.2. The van der Waals surface area contributed by atoms with Gasteiger partial charge in [0, 0.05) is 0 Å². The normalized spacial score (nSPS) is 11.0. The molecule has 0 spiro atoms. The third-order valence-corrected chi connectivity index (χ3v) is 8.11. The Kier molecular flexibility index (Phi) is 8.76. The van der Waals surface area contributed by atoms with Gasteiger partial charge in [0.2, 0.25) is 0 Å². The molecule has 0 N–H and O–H groups in total. The quantitative estimate of drug-likeness (QED) is 0.325. The van der Waals surface area contributed by atoms with Crippen molar-refractivity contribution in [2.75, 3.05) is 6.16 Å². The van der Waals surface area contributed by atoms with Crippen LogP contribution in [0.25, 0.3) is 0 Å². The maximum atomic E-state index is 4.06. The lowest BCUT2D eigenvalue weighted by atomic mass is 10.4. The van der Waals surface area contributed by atoms with Crippen LogP contribution in [0.1, 0.15) is 13.8 Å². The Balaban J connectivity index is 0.00000139. The van der Waals surface area contributed by atoms with Crippen LogP contribution in [0.4, 0.5) is 0 Å². The molecule has 0 atom stereocenters. The van der Waals surface area contributed by atoms with Crippen molar-refractivity contribution < 1.29 is 0 Å². The van der Waals surface area contributed by atoms with Gasteiger partial charge in [0.1, 0.15) is 23.2 Å². The lowest BCUT2D eigenvalue weighted by Crippen LogP contribution is -2.25. The van der Waals surface area contributed by atoms with Crippen molar-refractivity contribution in [3.63, 3.8) is 0 Å². The first kappa shape index (κ1) is 19.9. The second-order valence-corrected chi connectivity index (χ2v) is 8.52. The summed E-state index contributed by atoms with van der Waals surface area (Å²) in [6.07, 6.45) is 8.84. The van der Waals surface area contributed by atoms with E-state index in [9.17, 15) is 0 Å². The first-order valence-electron chi connectivity index (χ1n) is 8.35. The standard InChI is InChI=1S/C21H22P.C2H6/c1-4-13-19(6-3)22(18-5-2,20-14-9-7-10-15-20)21-16-11-8-12-17-21;1-2/h4-17H,1-3,18H2;1-2H3/q+1;/b19-13+;. The minimum atomic E-state index is -1.77. The molecular formula is C23H28P+. The average Bonchev–Trinajstić information content (AvgIpc) is 2.67. The molecule has 0 heterocycles. The summed E-state index contributed by atoms with van der Waals surface area (Å²) in [5.41, 5.74) is 0. The van der Waals surface area contributed by atoms with E-state index in [-0.39, 0.29) is 0 Å². The summed E-state index contributed by atoms with van der Waals surface area (Å²) >= 11 is 0. The Hall–Kier alpha value is -2.17. The molecular weight excluding hydrogens is 307 g/mol. The number of allylic oxidation sites excluding steroid dienone is 5. The molecule has 2 rings (SSSR count). The molecule has 0 bridgehead atoms. The molecule has 0 aliphatic rings. The number of rotatable bonds is 7. The lowest BCUT2D eigenvalue weighted by Gasteiger charge is -2.27. The van der Waals surface area contributed by atoms with Crippen LogP contribution in [0.2, 0.25) is 0 Å². The van der Waals surface area contributed by atoms with Gasteiger partial charge in [-0.1, -0.05) is 82.1 Å². The van der Waals surface area contributed by atoms with Crippen LogP contribution in [-0.4, -0.2) is 6.16 Å². The lowest BCUT2D eigenvalue weighted by molar-refractivity contribution is 1.50. The summed E-state index contributed by atoms with van der Waals surface area (Å²) in [5, 5.41) is 3.92. The van der Waals surface area contributed by atoms with Gasteiger partial charge in [-0.25, -0.2) is 0 Å². The highest BCUT2D eigenvalue weighted by Gasteiger charge is 2.44. The van der Waals surface area contributed by atoms with Gasteiger partial charge in [-0.15, -0.1) is 0 Å². The molecule has 0 radical (unpaired) electrons.